The van der Waals surface area contributed by atoms with Crippen molar-refractivity contribution >= 4 is 10.4 Å². The Labute approximate surface area is 73.5 Å². The van der Waals surface area contributed by atoms with Crippen molar-refractivity contribution in [3.05, 3.63) is 0 Å². The molecule has 0 aliphatic rings. The molecular weight excluding hydrogens is 182 g/mol. The second kappa shape index (κ2) is 4.18. The molecule has 0 radical (unpaired) electrons. The summed E-state index contributed by atoms with van der Waals surface area (Å²) >= 11 is 0. The molecule has 0 aromatic rings. The molecular formula is C6H15NO4S. The van der Waals surface area contributed by atoms with E-state index < -0.39 is 10.4 Å². The number of rotatable bonds is 5. The smallest absolute Gasteiger partial charge is 0.217 e. The first kappa shape index (κ1) is 11.8. The Morgan fingerprint density at radius 1 is 1.33 bits per heavy atom. The van der Waals surface area contributed by atoms with Gasteiger partial charge in [0, 0.05) is 6.42 Å². The van der Waals surface area contributed by atoms with E-state index in [0.717, 1.165) is 11.0 Å². The van der Waals surface area contributed by atoms with Crippen LogP contribution in [0.2, 0.25) is 0 Å². The average Bonchev–Trinajstić information content (AvgIpc) is 1.76. The summed E-state index contributed by atoms with van der Waals surface area (Å²) in [5.74, 6) is 0. The zero-order chi connectivity index (χ0) is 9.83. The monoisotopic (exact) mass is 197 g/mol. The molecule has 0 saturated heterocycles. The largest absolute Gasteiger partial charge is 0.726 e. The van der Waals surface area contributed by atoms with Gasteiger partial charge < -0.3 is 9.04 Å². The van der Waals surface area contributed by atoms with Gasteiger partial charge in [0.25, 0.3) is 0 Å². The first-order valence-electron chi connectivity index (χ1n) is 3.61. The van der Waals surface area contributed by atoms with Crippen LogP contribution in [0.15, 0.2) is 0 Å². The Morgan fingerprint density at radius 3 is 2.17 bits per heavy atom. The molecule has 0 heterocycles. The SMILES string of the molecule is C[N+](C)(C)CCCOS(=O)(=O)[O-]. The molecule has 6 heteroatoms. The molecule has 74 valence electrons. The molecule has 0 saturated carbocycles. The highest BCUT2D eigenvalue weighted by Crippen LogP contribution is 1.95. The van der Waals surface area contributed by atoms with Crippen LogP contribution in [0.4, 0.5) is 0 Å². The maximum Gasteiger partial charge on any atom is 0.217 e. The zero-order valence-electron chi connectivity index (χ0n) is 7.61. The van der Waals surface area contributed by atoms with Gasteiger partial charge in [-0.05, 0) is 0 Å². The standard InChI is InChI=1S/C6H15NO4S/c1-7(2,3)5-4-6-11-12(8,9)10/h4-6H2,1-3H3. The molecule has 5 nitrogen and oxygen atoms in total. The van der Waals surface area contributed by atoms with Crippen LogP contribution in [-0.4, -0.2) is 51.7 Å². The first-order chi connectivity index (χ1) is 5.21. The summed E-state index contributed by atoms with van der Waals surface area (Å²) in [7, 11) is 1.43. The molecule has 0 N–H and O–H groups in total. The summed E-state index contributed by atoms with van der Waals surface area (Å²) in [6.07, 6.45) is 0.560. The summed E-state index contributed by atoms with van der Waals surface area (Å²) < 4.78 is 34.7. The molecule has 0 amide bonds. The van der Waals surface area contributed by atoms with Crippen LogP contribution < -0.4 is 0 Å². The van der Waals surface area contributed by atoms with E-state index in [-0.39, 0.29) is 6.61 Å². The molecule has 0 spiro atoms. The average molecular weight is 197 g/mol. The fourth-order valence-corrected chi connectivity index (χ4v) is 1.02. The lowest BCUT2D eigenvalue weighted by Gasteiger charge is -2.23. The Balaban J connectivity index is 3.48. The van der Waals surface area contributed by atoms with Crippen molar-refractivity contribution in [3.8, 4) is 0 Å². The third kappa shape index (κ3) is 9.83. The van der Waals surface area contributed by atoms with Crippen molar-refractivity contribution in [3.63, 3.8) is 0 Å². The normalized spacial score (nSPS) is 13.3. The summed E-state index contributed by atoms with van der Waals surface area (Å²) in [5, 5.41) is 0. The highest BCUT2D eigenvalue weighted by molar-refractivity contribution is 7.80. The zero-order valence-corrected chi connectivity index (χ0v) is 8.43. The van der Waals surface area contributed by atoms with Crippen LogP contribution >= 0.6 is 0 Å². The molecule has 0 unspecified atom stereocenters. The van der Waals surface area contributed by atoms with Crippen molar-refractivity contribution in [2.75, 3.05) is 34.3 Å². The predicted molar refractivity (Wildman–Crippen MR) is 43.2 cm³/mol. The number of hydrogen-bond acceptors (Lipinski definition) is 4. The lowest BCUT2D eigenvalue weighted by molar-refractivity contribution is -0.870. The third-order valence-corrected chi connectivity index (χ3v) is 1.66. The van der Waals surface area contributed by atoms with Crippen molar-refractivity contribution in [2.45, 2.75) is 6.42 Å². The van der Waals surface area contributed by atoms with E-state index in [1.54, 1.807) is 0 Å². The van der Waals surface area contributed by atoms with Gasteiger partial charge in [0.1, 0.15) is 0 Å². The Hall–Kier alpha value is -0.170. The van der Waals surface area contributed by atoms with E-state index in [1.165, 1.54) is 0 Å². The van der Waals surface area contributed by atoms with Crippen LogP contribution in [0.1, 0.15) is 6.42 Å². The van der Waals surface area contributed by atoms with Crippen LogP contribution in [-0.2, 0) is 14.6 Å². The summed E-state index contributed by atoms with van der Waals surface area (Å²) in [5.41, 5.74) is 0. The van der Waals surface area contributed by atoms with Gasteiger partial charge in [-0.15, -0.1) is 0 Å². The highest BCUT2D eigenvalue weighted by atomic mass is 32.3. The topological polar surface area (TPSA) is 66.4 Å². The van der Waals surface area contributed by atoms with Gasteiger partial charge in [0.05, 0.1) is 34.3 Å². The van der Waals surface area contributed by atoms with E-state index in [4.69, 9.17) is 0 Å². The van der Waals surface area contributed by atoms with E-state index in [2.05, 4.69) is 4.18 Å². The van der Waals surface area contributed by atoms with Crippen molar-refractivity contribution in [2.24, 2.45) is 0 Å². The molecule has 0 aromatic heterocycles. The molecule has 12 heavy (non-hydrogen) atoms. The first-order valence-corrected chi connectivity index (χ1v) is 4.95. The molecule has 0 aliphatic heterocycles. The van der Waals surface area contributed by atoms with Gasteiger partial charge >= 0.3 is 0 Å². The van der Waals surface area contributed by atoms with Crippen LogP contribution in [0.5, 0.6) is 0 Å². The second-order valence-corrected chi connectivity index (χ2v) is 4.65. The Bertz CT molecular complexity index is 216. The minimum atomic E-state index is -4.50. The summed E-state index contributed by atoms with van der Waals surface area (Å²) in [6, 6.07) is 0. The lowest BCUT2D eigenvalue weighted by atomic mass is 10.4. The number of hydrogen-bond donors (Lipinski definition) is 0. The van der Waals surface area contributed by atoms with Gasteiger partial charge in [-0.1, -0.05) is 0 Å². The quantitative estimate of drug-likeness (QED) is 0.259. The van der Waals surface area contributed by atoms with E-state index in [0.29, 0.717) is 6.42 Å². The minimum absolute atomic E-state index is 0.0264. The van der Waals surface area contributed by atoms with E-state index in [1.807, 2.05) is 21.1 Å². The lowest BCUT2D eigenvalue weighted by Crippen LogP contribution is -2.35. The van der Waals surface area contributed by atoms with Gasteiger partial charge in [-0.2, -0.15) is 0 Å². The number of nitrogens with zero attached hydrogens (tertiary/aromatic N) is 1. The molecule has 0 aromatic carbocycles. The Morgan fingerprint density at radius 2 is 1.83 bits per heavy atom. The summed E-state index contributed by atoms with van der Waals surface area (Å²) in [4.78, 5) is 0. The van der Waals surface area contributed by atoms with Gasteiger partial charge in [0.2, 0.25) is 10.4 Å². The maximum atomic E-state index is 9.97. The van der Waals surface area contributed by atoms with Crippen molar-refractivity contribution in [1.29, 1.82) is 0 Å². The minimum Gasteiger partial charge on any atom is -0.726 e. The van der Waals surface area contributed by atoms with Gasteiger partial charge in [-0.25, -0.2) is 8.42 Å². The van der Waals surface area contributed by atoms with E-state index in [9.17, 15) is 13.0 Å². The predicted octanol–water partition coefficient (Wildman–Crippen LogP) is -0.440. The third-order valence-electron chi connectivity index (χ3n) is 1.20. The van der Waals surface area contributed by atoms with Gasteiger partial charge in [0.15, 0.2) is 0 Å². The van der Waals surface area contributed by atoms with Crippen LogP contribution in [0.3, 0.4) is 0 Å². The van der Waals surface area contributed by atoms with Crippen molar-refractivity contribution in [1.82, 2.24) is 0 Å². The highest BCUT2D eigenvalue weighted by Gasteiger charge is 2.06. The molecule has 0 rings (SSSR count). The second-order valence-electron chi connectivity index (χ2n) is 3.60. The molecule has 0 aliphatic carbocycles. The fraction of sp³-hybridized carbons (Fsp3) is 1.00. The molecule has 0 fully saturated rings. The van der Waals surface area contributed by atoms with Crippen molar-refractivity contribution < 1.29 is 21.6 Å². The maximum absolute atomic E-state index is 9.97. The molecule has 0 atom stereocenters. The summed E-state index contributed by atoms with van der Waals surface area (Å²) in [6.45, 7) is 0.747. The van der Waals surface area contributed by atoms with Gasteiger partial charge in [-0.3, -0.25) is 4.18 Å². The number of quaternary nitrogens is 1. The van der Waals surface area contributed by atoms with E-state index >= 15 is 0 Å². The fourth-order valence-electron chi connectivity index (χ4n) is 0.700. The van der Waals surface area contributed by atoms with Crippen LogP contribution in [0, 0.1) is 0 Å². The molecule has 0 bridgehead atoms. The van der Waals surface area contributed by atoms with Crippen LogP contribution in [0.25, 0.3) is 0 Å². The Kier molecular flexibility index (Phi) is 4.12.